The zero-order valence-electron chi connectivity index (χ0n) is 12.5. The highest BCUT2D eigenvalue weighted by atomic mass is 15.4. The van der Waals surface area contributed by atoms with Crippen LogP contribution in [0.1, 0.15) is 17.5 Å². The fraction of sp³-hybridized carbons (Fsp3) is 0.412. The molecule has 1 aromatic heterocycles. The lowest BCUT2D eigenvalue weighted by Crippen LogP contribution is -2.47. The van der Waals surface area contributed by atoms with E-state index in [0.717, 1.165) is 24.6 Å². The molecule has 2 unspecified atom stereocenters. The monoisotopic (exact) mass is 280 g/mol. The van der Waals surface area contributed by atoms with Crippen LogP contribution in [-0.2, 0) is 0 Å². The largest absolute Gasteiger partial charge is 0.365 e. The average molecular weight is 280 g/mol. The molecule has 2 fully saturated rings. The summed E-state index contributed by atoms with van der Waals surface area (Å²) in [5.74, 6) is 0.886. The second kappa shape index (κ2) is 4.72. The van der Waals surface area contributed by atoms with E-state index in [-0.39, 0.29) is 0 Å². The maximum atomic E-state index is 4.49. The van der Waals surface area contributed by atoms with Crippen molar-refractivity contribution in [2.45, 2.75) is 32.4 Å². The van der Waals surface area contributed by atoms with Crippen molar-refractivity contribution in [3.8, 4) is 0 Å². The first-order valence-corrected chi connectivity index (χ1v) is 7.59. The number of rotatable bonds is 2. The second-order valence-corrected chi connectivity index (χ2v) is 6.25. The number of nitrogens with zero attached hydrogens (tertiary/aromatic N) is 4. The molecule has 4 heteroatoms. The normalized spacial score (nSPS) is 23.9. The van der Waals surface area contributed by atoms with Gasteiger partial charge in [0.05, 0.1) is 6.04 Å². The summed E-state index contributed by atoms with van der Waals surface area (Å²) < 4.78 is 0. The van der Waals surface area contributed by atoms with Gasteiger partial charge in [0.1, 0.15) is 0 Å². The zero-order chi connectivity index (χ0) is 14.4. The molecule has 0 amide bonds. The van der Waals surface area contributed by atoms with Gasteiger partial charge in [0.2, 0.25) is 5.95 Å². The van der Waals surface area contributed by atoms with Crippen molar-refractivity contribution in [2.75, 3.05) is 22.9 Å². The lowest BCUT2D eigenvalue weighted by molar-refractivity contribution is 0.633. The Labute approximate surface area is 125 Å². The van der Waals surface area contributed by atoms with Gasteiger partial charge < -0.3 is 9.80 Å². The van der Waals surface area contributed by atoms with Gasteiger partial charge in [-0.25, -0.2) is 9.97 Å². The van der Waals surface area contributed by atoms with Crippen LogP contribution in [0.15, 0.2) is 36.7 Å². The maximum absolute atomic E-state index is 4.49. The summed E-state index contributed by atoms with van der Waals surface area (Å²) in [6, 6.07) is 9.94. The molecule has 3 heterocycles. The quantitative estimate of drug-likeness (QED) is 0.846. The molecule has 0 aliphatic carbocycles. The Balaban J connectivity index is 1.54. The molecule has 0 spiro atoms. The SMILES string of the molecule is Cc1cnc(N2CC3CC2CN3c2cccc(C)c2)nc1. The molecular formula is C17H20N4. The van der Waals surface area contributed by atoms with Crippen molar-refractivity contribution in [1.29, 1.82) is 0 Å². The van der Waals surface area contributed by atoms with E-state index in [0.29, 0.717) is 12.1 Å². The van der Waals surface area contributed by atoms with Crippen molar-refractivity contribution in [3.05, 3.63) is 47.8 Å². The number of hydrogen-bond acceptors (Lipinski definition) is 4. The van der Waals surface area contributed by atoms with E-state index in [1.54, 1.807) is 0 Å². The van der Waals surface area contributed by atoms with Crippen molar-refractivity contribution in [1.82, 2.24) is 9.97 Å². The van der Waals surface area contributed by atoms with Crippen LogP contribution in [0.3, 0.4) is 0 Å². The molecule has 4 rings (SSSR count). The van der Waals surface area contributed by atoms with Gasteiger partial charge in [-0.3, -0.25) is 0 Å². The van der Waals surface area contributed by atoms with E-state index >= 15 is 0 Å². The molecule has 108 valence electrons. The maximum Gasteiger partial charge on any atom is 0.225 e. The average Bonchev–Trinajstić information content (AvgIpc) is 3.08. The highest BCUT2D eigenvalue weighted by Crippen LogP contribution is 2.36. The second-order valence-electron chi connectivity index (χ2n) is 6.25. The fourth-order valence-corrected chi connectivity index (χ4v) is 3.57. The minimum atomic E-state index is 0.540. The molecule has 2 aliphatic rings. The number of piperazine rings is 1. The van der Waals surface area contributed by atoms with Crippen LogP contribution in [0.5, 0.6) is 0 Å². The molecule has 1 aromatic carbocycles. The molecule has 4 nitrogen and oxygen atoms in total. The van der Waals surface area contributed by atoms with Crippen LogP contribution < -0.4 is 9.80 Å². The molecule has 21 heavy (non-hydrogen) atoms. The molecule has 2 saturated heterocycles. The molecule has 0 radical (unpaired) electrons. The first-order chi connectivity index (χ1) is 10.2. The van der Waals surface area contributed by atoms with E-state index in [1.807, 2.05) is 19.3 Å². The van der Waals surface area contributed by atoms with E-state index in [4.69, 9.17) is 0 Å². The molecule has 2 bridgehead atoms. The van der Waals surface area contributed by atoms with Gasteiger partial charge in [-0.2, -0.15) is 0 Å². The zero-order valence-corrected chi connectivity index (χ0v) is 12.5. The smallest absolute Gasteiger partial charge is 0.225 e. The van der Waals surface area contributed by atoms with E-state index in [9.17, 15) is 0 Å². The number of anilines is 2. The Kier molecular flexibility index (Phi) is 2.84. The summed E-state index contributed by atoms with van der Waals surface area (Å²) in [4.78, 5) is 13.9. The number of hydrogen-bond donors (Lipinski definition) is 0. The Morgan fingerprint density at radius 2 is 1.67 bits per heavy atom. The van der Waals surface area contributed by atoms with Crippen LogP contribution in [0.25, 0.3) is 0 Å². The molecule has 2 aliphatic heterocycles. The minimum absolute atomic E-state index is 0.540. The van der Waals surface area contributed by atoms with Crippen molar-refractivity contribution < 1.29 is 0 Å². The van der Waals surface area contributed by atoms with E-state index in [1.165, 1.54) is 17.7 Å². The van der Waals surface area contributed by atoms with Crippen LogP contribution in [0.4, 0.5) is 11.6 Å². The van der Waals surface area contributed by atoms with Gasteiger partial charge in [0.25, 0.3) is 0 Å². The predicted octanol–water partition coefficient (Wildman–Crippen LogP) is 2.56. The summed E-state index contributed by atoms with van der Waals surface area (Å²) in [5.41, 5.74) is 3.80. The summed E-state index contributed by atoms with van der Waals surface area (Å²) in [6.45, 7) is 6.29. The van der Waals surface area contributed by atoms with Gasteiger partial charge in [0.15, 0.2) is 0 Å². The Hall–Kier alpha value is -2.10. The number of aromatic nitrogens is 2. The Bertz CT molecular complexity index is 652. The van der Waals surface area contributed by atoms with Gasteiger partial charge in [-0.15, -0.1) is 0 Å². The lowest BCUT2D eigenvalue weighted by Gasteiger charge is -2.35. The molecule has 2 atom stereocenters. The number of aryl methyl sites for hydroxylation is 2. The summed E-state index contributed by atoms with van der Waals surface area (Å²) in [7, 11) is 0. The van der Waals surface area contributed by atoms with Crippen LogP contribution >= 0.6 is 0 Å². The van der Waals surface area contributed by atoms with Crippen molar-refractivity contribution in [3.63, 3.8) is 0 Å². The van der Waals surface area contributed by atoms with Gasteiger partial charge in [-0.1, -0.05) is 12.1 Å². The highest BCUT2D eigenvalue weighted by molar-refractivity contribution is 5.54. The first-order valence-electron chi connectivity index (χ1n) is 7.59. The topological polar surface area (TPSA) is 32.3 Å². The molecular weight excluding hydrogens is 260 g/mol. The third kappa shape index (κ3) is 2.15. The predicted molar refractivity (Wildman–Crippen MR) is 84.8 cm³/mol. The van der Waals surface area contributed by atoms with E-state index in [2.05, 4.69) is 51.0 Å². The lowest BCUT2D eigenvalue weighted by atomic mass is 10.2. The van der Waals surface area contributed by atoms with Crippen LogP contribution in [0, 0.1) is 13.8 Å². The molecule has 0 saturated carbocycles. The summed E-state index contributed by atoms with van der Waals surface area (Å²) >= 11 is 0. The first kappa shape index (κ1) is 12.6. The molecule has 0 N–H and O–H groups in total. The third-order valence-electron chi connectivity index (χ3n) is 4.60. The van der Waals surface area contributed by atoms with Crippen LogP contribution in [0.2, 0.25) is 0 Å². The summed E-state index contributed by atoms with van der Waals surface area (Å²) in [5, 5.41) is 0. The third-order valence-corrected chi connectivity index (χ3v) is 4.60. The van der Waals surface area contributed by atoms with E-state index < -0.39 is 0 Å². The van der Waals surface area contributed by atoms with Gasteiger partial charge in [0, 0.05) is 37.2 Å². The summed E-state index contributed by atoms with van der Waals surface area (Å²) in [6.07, 6.45) is 5.03. The van der Waals surface area contributed by atoms with Gasteiger partial charge in [-0.05, 0) is 43.5 Å². The van der Waals surface area contributed by atoms with Crippen molar-refractivity contribution >= 4 is 11.6 Å². The Morgan fingerprint density at radius 1 is 0.952 bits per heavy atom. The van der Waals surface area contributed by atoms with Crippen LogP contribution in [-0.4, -0.2) is 35.1 Å². The van der Waals surface area contributed by atoms with Crippen molar-refractivity contribution in [2.24, 2.45) is 0 Å². The minimum Gasteiger partial charge on any atom is -0.365 e. The number of benzene rings is 1. The highest BCUT2D eigenvalue weighted by Gasteiger charge is 2.44. The van der Waals surface area contributed by atoms with Gasteiger partial charge >= 0.3 is 0 Å². The Morgan fingerprint density at radius 3 is 2.33 bits per heavy atom. The fourth-order valence-electron chi connectivity index (χ4n) is 3.57. The number of fused-ring (bicyclic) bond motifs is 2. The molecule has 2 aromatic rings. The standard InChI is InChI=1S/C17H20N4/c1-12-4-3-5-14(6-12)20-10-16-7-15(20)11-21(16)17-18-8-13(2)9-19-17/h3-6,8-9,15-16H,7,10-11H2,1-2H3.